The van der Waals surface area contributed by atoms with Crippen LogP contribution in [0.15, 0.2) is 18.2 Å². The monoisotopic (exact) mass is 353 g/mol. The Balaban J connectivity index is 1.75. The second kappa shape index (κ2) is 6.26. The van der Waals surface area contributed by atoms with Crippen molar-refractivity contribution in [2.75, 3.05) is 18.5 Å². The van der Waals surface area contributed by atoms with Gasteiger partial charge in [0.2, 0.25) is 0 Å². The van der Waals surface area contributed by atoms with E-state index >= 15 is 0 Å². The Bertz CT molecular complexity index is 526. The lowest BCUT2D eigenvalue weighted by atomic mass is 9.83. The lowest BCUT2D eigenvalue weighted by molar-refractivity contribution is 0.0885. The fraction of sp³-hybridized carbons (Fsp3) is 0.562. The number of nitrogens with one attached hydrogen (secondary N) is 1. The van der Waals surface area contributed by atoms with Crippen molar-refractivity contribution in [1.82, 2.24) is 5.32 Å². The Kier molecular flexibility index (Phi) is 4.38. The topological polar surface area (TPSA) is 47.6 Å². The molecule has 21 heavy (non-hydrogen) atoms. The molecule has 1 aromatic carbocycles. The molecule has 1 fully saturated rings. The third-order valence-electron chi connectivity index (χ3n) is 4.25. The van der Waals surface area contributed by atoms with Crippen molar-refractivity contribution in [3.05, 3.63) is 23.8 Å². The van der Waals surface area contributed by atoms with Gasteiger partial charge in [-0.25, -0.2) is 0 Å². The van der Waals surface area contributed by atoms with E-state index in [0.717, 1.165) is 18.2 Å². The zero-order valence-electron chi connectivity index (χ0n) is 12.0. The van der Waals surface area contributed by atoms with Crippen molar-refractivity contribution >= 4 is 21.8 Å². The molecule has 0 spiro atoms. The Hall–Kier alpha value is -1.23. The molecule has 5 heteroatoms. The van der Waals surface area contributed by atoms with Crippen LogP contribution in [0.5, 0.6) is 11.5 Å². The van der Waals surface area contributed by atoms with E-state index in [4.69, 9.17) is 9.47 Å². The fourth-order valence-electron chi connectivity index (χ4n) is 3.02. The smallest absolute Gasteiger partial charge is 0.251 e. The molecule has 0 unspecified atom stereocenters. The molecule has 0 atom stereocenters. The maximum absolute atomic E-state index is 12.5. The van der Waals surface area contributed by atoms with E-state index in [1.165, 1.54) is 19.3 Å². The molecule has 0 bridgehead atoms. The van der Waals surface area contributed by atoms with Crippen LogP contribution in [-0.2, 0) is 0 Å². The van der Waals surface area contributed by atoms with Gasteiger partial charge in [-0.3, -0.25) is 4.79 Å². The first kappa shape index (κ1) is 14.7. The van der Waals surface area contributed by atoms with Gasteiger partial charge >= 0.3 is 0 Å². The largest absolute Gasteiger partial charge is 0.486 e. The van der Waals surface area contributed by atoms with E-state index in [-0.39, 0.29) is 11.4 Å². The average Bonchev–Trinajstić information content (AvgIpc) is 2.55. The summed E-state index contributed by atoms with van der Waals surface area (Å²) in [6.45, 7) is 1.09. The number of carbonyl (C=O) groups excluding carboxylic acids is 1. The predicted octanol–water partition coefficient (Wildman–Crippen LogP) is 3.29. The molecule has 114 valence electrons. The van der Waals surface area contributed by atoms with Gasteiger partial charge in [0.05, 0.1) is 5.54 Å². The van der Waals surface area contributed by atoms with E-state index in [1.54, 1.807) is 12.1 Å². The first-order chi connectivity index (χ1) is 10.2. The molecular weight excluding hydrogens is 334 g/mol. The van der Waals surface area contributed by atoms with E-state index in [1.807, 2.05) is 6.07 Å². The van der Waals surface area contributed by atoms with Crippen molar-refractivity contribution in [3.63, 3.8) is 0 Å². The molecule has 0 radical (unpaired) electrons. The van der Waals surface area contributed by atoms with E-state index in [9.17, 15) is 4.79 Å². The number of carbonyl (C=O) groups is 1. The highest BCUT2D eigenvalue weighted by Gasteiger charge is 2.32. The maximum atomic E-state index is 12.5. The number of fused-ring (bicyclic) bond motifs is 1. The summed E-state index contributed by atoms with van der Waals surface area (Å²) in [6.07, 6.45) is 5.68. The van der Waals surface area contributed by atoms with Crippen molar-refractivity contribution in [3.8, 4) is 11.5 Å². The minimum absolute atomic E-state index is 0.0340. The van der Waals surface area contributed by atoms with Gasteiger partial charge < -0.3 is 14.8 Å². The van der Waals surface area contributed by atoms with E-state index < -0.39 is 0 Å². The van der Waals surface area contributed by atoms with Crippen LogP contribution in [0.2, 0.25) is 0 Å². The summed E-state index contributed by atoms with van der Waals surface area (Å²) >= 11 is 3.57. The first-order valence-corrected chi connectivity index (χ1v) is 8.63. The first-order valence-electron chi connectivity index (χ1n) is 7.51. The minimum atomic E-state index is -0.109. The number of amides is 1. The highest BCUT2D eigenvalue weighted by Crippen LogP contribution is 2.32. The summed E-state index contributed by atoms with van der Waals surface area (Å²) in [4.78, 5) is 12.5. The Morgan fingerprint density at radius 1 is 1.14 bits per heavy atom. The van der Waals surface area contributed by atoms with Crippen LogP contribution >= 0.6 is 15.9 Å². The summed E-state index contributed by atoms with van der Waals surface area (Å²) in [7, 11) is 0. The molecule has 3 rings (SSSR count). The van der Waals surface area contributed by atoms with Crippen LogP contribution < -0.4 is 14.8 Å². The van der Waals surface area contributed by atoms with Gasteiger partial charge in [0.25, 0.3) is 5.91 Å². The molecule has 1 N–H and O–H groups in total. The zero-order chi connectivity index (χ0) is 14.7. The molecule has 1 aliphatic heterocycles. The van der Waals surface area contributed by atoms with Crippen LogP contribution in [0.4, 0.5) is 0 Å². The van der Waals surface area contributed by atoms with Gasteiger partial charge in [-0.05, 0) is 31.0 Å². The summed E-state index contributed by atoms with van der Waals surface area (Å²) in [5.41, 5.74) is 0.521. The molecule has 1 saturated carbocycles. The number of hydrogen-bond donors (Lipinski definition) is 1. The van der Waals surface area contributed by atoms with Crippen molar-refractivity contribution in [2.24, 2.45) is 0 Å². The number of alkyl halides is 1. The predicted molar refractivity (Wildman–Crippen MR) is 84.5 cm³/mol. The van der Waals surface area contributed by atoms with Crippen LogP contribution in [0, 0.1) is 0 Å². The lowest BCUT2D eigenvalue weighted by Crippen LogP contribution is -2.51. The normalized spacial score (nSPS) is 19.9. The second-order valence-electron chi connectivity index (χ2n) is 5.79. The fourth-order valence-corrected chi connectivity index (χ4v) is 3.72. The second-order valence-corrected chi connectivity index (χ2v) is 6.35. The third kappa shape index (κ3) is 3.18. The number of rotatable bonds is 3. The lowest BCUT2D eigenvalue weighted by Gasteiger charge is -2.36. The number of hydrogen-bond acceptors (Lipinski definition) is 3. The Morgan fingerprint density at radius 3 is 2.57 bits per heavy atom. The van der Waals surface area contributed by atoms with Gasteiger partial charge in [-0.1, -0.05) is 35.2 Å². The average molecular weight is 354 g/mol. The van der Waals surface area contributed by atoms with Crippen LogP contribution in [0.25, 0.3) is 0 Å². The molecule has 0 saturated heterocycles. The summed E-state index contributed by atoms with van der Waals surface area (Å²) < 4.78 is 11.0. The van der Waals surface area contributed by atoms with Crippen LogP contribution in [-0.4, -0.2) is 30.0 Å². The molecule has 1 aromatic rings. The zero-order valence-corrected chi connectivity index (χ0v) is 13.6. The Labute approximate surface area is 133 Å². The van der Waals surface area contributed by atoms with Crippen LogP contribution in [0.1, 0.15) is 42.5 Å². The van der Waals surface area contributed by atoms with Gasteiger partial charge in [0, 0.05) is 10.9 Å². The molecule has 1 heterocycles. The van der Waals surface area contributed by atoms with E-state index in [2.05, 4.69) is 21.2 Å². The minimum Gasteiger partial charge on any atom is -0.486 e. The van der Waals surface area contributed by atoms with Crippen molar-refractivity contribution in [1.29, 1.82) is 0 Å². The summed E-state index contributed by atoms with van der Waals surface area (Å²) in [6, 6.07) is 5.38. The van der Waals surface area contributed by atoms with Gasteiger partial charge in [-0.2, -0.15) is 0 Å². The molecule has 4 nitrogen and oxygen atoms in total. The molecule has 1 amide bonds. The van der Waals surface area contributed by atoms with Gasteiger partial charge in [-0.15, -0.1) is 0 Å². The SMILES string of the molecule is O=C(NC1(CBr)CCCCC1)c1ccc2c(c1)OCCO2. The van der Waals surface area contributed by atoms with Crippen LogP contribution in [0.3, 0.4) is 0 Å². The standard InChI is InChI=1S/C16H20BrNO3/c17-11-16(6-2-1-3-7-16)18-15(19)12-4-5-13-14(10-12)21-9-8-20-13/h4-5,10H,1-3,6-9,11H2,(H,18,19). The number of halogens is 1. The van der Waals surface area contributed by atoms with Gasteiger partial charge in [0.15, 0.2) is 11.5 Å². The Morgan fingerprint density at radius 2 is 1.86 bits per heavy atom. The third-order valence-corrected chi connectivity index (χ3v) is 5.32. The summed E-state index contributed by atoms with van der Waals surface area (Å²) in [5, 5.41) is 4.02. The molecule has 0 aromatic heterocycles. The number of ether oxygens (including phenoxy) is 2. The number of benzene rings is 1. The highest BCUT2D eigenvalue weighted by atomic mass is 79.9. The highest BCUT2D eigenvalue weighted by molar-refractivity contribution is 9.09. The molecule has 2 aliphatic rings. The van der Waals surface area contributed by atoms with Crippen molar-refractivity contribution in [2.45, 2.75) is 37.6 Å². The molecule has 1 aliphatic carbocycles. The van der Waals surface area contributed by atoms with Gasteiger partial charge in [0.1, 0.15) is 13.2 Å². The summed E-state index contributed by atoms with van der Waals surface area (Å²) in [5.74, 6) is 1.34. The van der Waals surface area contributed by atoms with Crippen molar-refractivity contribution < 1.29 is 14.3 Å². The molecular formula is C16H20BrNO3. The quantitative estimate of drug-likeness (QED) is 0.848. The van der Waals surface area contributed by atoms with E-state index in [0.29, 0.717) is 30.3 Å². The maximum Gasteiger partial charge on any atom is 0.251 e.